The van der Waals surface area contributed by atoms with Gasteiger partial charge in [-0.1, -0.05) is 153 Å². The van der Waals surface area contributed by atoms with Crippen LogP contribution in [-0.4, -0.2) is 84.2 Å². The fourth-order valence-corrected chi connectivity index (χ4v) is 10.8. The minimum atomic E-state index is -0.985. The summed E-state index contributed by atoms with van der Waals surface area (Å²) in [5.41, 5.74) is 10.2. The Labute approximate surface area is 396 Å². The highest BCUT2D eigenvalue weighted by Gasteiger charge is 2.44. The first-order valence-corrected chi connectivity index (χ1v) is 23.8. The predicted octanol–water partition coefficient (Wildman–Crippen LogP) is 11.5. The van der Waals surface area contributed by atoms with E-state index in [0.717, 1.165) is 32.9 Å². The lowest BCUT2D eigenvalue weighted by Crippen LogP contribution is -2.49. The van der Waals surface area contributed by atoms with Crippen LogP contribution in [0, 0.1) is 0 Å². The molecule has 9 nitrogen and oxygen atoms in total. The molecule has 6 aromatic carbocycles. The number of hydrogen-bond donors (Lipinski definition) is 2. The Morgan fingerprint density at radius 1 is 0.508 bits per heavy atom. The van der Waals surface area contributed by atoms with E-state index >= 15 is 0 Å². The zero-order chi connectivity index (χ0) is 45.1. The Bertz CT molecular complexity index is 2600. The van der Waals surface area contributed by atoms with E-state index in [1.54, 1.807) is 9.80 Å². The van der Waals surface area contributed by atoms with Crippen molar-refractivity contribution in [3.05, 3.63) is 188 Å². The van der Waals surface area contributed by atoms with Crippen LogP contribution in [0.15, 0.2) is 155 Å². The van der Waals surface area contributed by atoms with E-state index in [0.29, 0.717) is 45.6 Å². The quantitative estimate of drug-likeness (QED) is 0.156. The summed E-state index contributed by atoms with van der Waals surface area (Å²) >= 11 is 6.87. The molecule has 11 heteroatoms. The van der Waals surface area contributed by atoms with E-state index in [9.17, 15) is 24.6 Å². The minimum Gasteiger partial charge on any atom is -0.481 e. The first kappa shape index (κ1) is 44.5. The molecule has 332 valence electrons. The predicted molar refractivity (Wildman–Crippen MR) is 258 cm³/mol. The van der Waals surface area contributed by atoms with Crippen LogP contribution in [0.5, 0.6) is 0 Å². The summed E-state index contributed by atoms with van der Waals surface area (Å²) in [6, 6.07) is 48.7. The normalized spacial score (nSPS) is 16.8. The van der Waals surface area contributed by atoms with E-state index in [1.165, 1.54) is 44.5 Å². The average molecular weight is 999 g/mol. The zero-order valence-corrected chi connectivity index (χ0v) is 39.0. The van der Waals surface area contributed by atoms with Gasteiger partial charge in [0.2, 0.25) is 0 Å². The molecule has 6 aromatic rings. The fourth-order valence-electron chi connectivity index (χ4n) is 10.3. The number of likely N-dealkylation sites (tertiary alicyclic amines) is 2. The number of nitrogens with zero attached hydrogens (tertiary/aromatic N) is 2. The van der Waals surface area contributed by atoms with Gasteiger partial charge < -0.3 is 29.5 Å². The minimum absolute atomic E-state index is 0.00650. The molecule has 4 aliphatic rings. The molecule has 2 heterocycles. The van der Waals surface area contributed by atoms with Gasteiger partial charge in [0.25, 0.3) is 0 Å². The van der Waals surface area contributed by atoms with Gasteiger partial charge in [0.15, 0.2) is 0 Å². The summed E-state index contributed by atoms with van der Waals surface area (Å²) in [6.07, 6.45) is 1.49. The molecule has 10 rings (SSSR count). The first-order valence-electron chi connectivity index (χ1n) is 22.2. The van der Waals surface area contributed by atoms with E-state index < -0.39 is 11.4 Å². The Balaban J connectivity index is 0.000000164. The molecule has 2 fully saturated rings. The van der Waals surface area contributed by atoms with Gasteiger partial charge in [-0.3, -0.25) is 4.79 Å². The van der Waals surface area contributed by atoms with Crippen LogP contribution < -0.4 is 0 Å². The van der Waals surface area contributed by atoms with Crippen molar-refractivity contribution < 1.29 is 34.1 Å². The molecule has 65 heavy (non-hydrogen) atoms. The van der Waals surface area contributed by atoms with E-state index in [2.05, 4.69) is 105 Å². The van der Waals surface area contributed by atoms with E-state index in [4.69, 9.17) is 9.47 Å². The maximum atomic E-state index is 12.9. The monoisotopic (exact) mass is 996 g/mol. The third-order valence-electron chi connectivity index (χ3n) is 14.1. The first-order chi connectivity index (χ1) is 31.6. The van der Waals surface area contributed by atoms with Crippen LogP contribution in [0.2, 0.25) is 0 Å². The maximum Gasteiger partial charge on any atom is 0.409 e. The second-order valence-corrected chi connectivity index (χ2v) is 19.3. The molecule has 0 unspecified atom stereocenters. The van der Waals surface area contributed by atoms with Crippen molar-refractivity contribution in [2.45, 2.75) is 48.3 Å². The number of fused-ring (bicyclic) bond motifs is 6. The summed E-state index contributed by atoms with van der Waals surface area (Å²) in [7, 11) is 0. The van der Waals surface area contributed by atoms with Crippen molar-refractivity contribution >= 4 is 50.0 Å². The standard InChI is InChI=1S/C27H24BrNO4.C27H26BrNO3/c28-19-11-9-18(10-12-19)27(25(30)31)13-15-29(16-14-27)26(32)33-17-24-22-7-3-1-5-20(22)21-6-2-4-8-23(21)24;28-20-11-9-19(10-12-20)27(18-30)13-15-29(16-14-27)26(31)32-17-25-23-7-3-1-5-21(23)22-6-2-4-8-24(22)25/h1-12,24H,13-17H2,(H,30,31);1-12,25,30H,13-18H2. The maximum absolute atomic E-state index is 12.9. The number of aliphatic hydroxyl groups excluding tert-OH is 1. The number of amides is 2. The second-order valence-electron chi connectivity index (χ2n) is 17.4. The summed E-state index contributed by atoms with van der Waals surface area (Å²) in [4.78, 5) is 41.4. The third kappa shape index (κ3) is 8.74. The van der Waals surface area contributed by atoms with Crippen molar-refractivity contribution in [3.8, 4) is 22.3 Å². The van der Waals surface area contributed by atoms with Gasteiger partial charge in [-0.2, -0.15) is 0 Å². The number of carboxylic acids is 1. The molecule has 0 bridgehead atoms. The molecule has 0 radical (unpaired) electrons. The van der Waals surface area contributed by atoms with E-state index in [-0.39, 0.29) is 42.7 Å². The number of aliphatic hydroxyl groups is 1. The summed E-state index contributed by atoms with van der Waals surface area (Å²) < 4.78 is 13.5. The number of piperidine rings is 2. The molecular weight excluding hydrogens is 948 g/mol. The van der Waals surface area contributed by atoms with E-state index in [1.807, 2.05) is 72.8 Å². The number of aliphatic carboxylic acids is 1. The van der Waals surface area contributed by atoms with Gasteiger partial charge in [0, 0.05) is 52.4 Å². The number of ether oxygens (including phenoxy) is 2. The highest BCUT2D eigenvalue weighted by Crippen LogP contribution is 2.46. The van der Waals surface area contributed by atoms with Crippen LogP contribution in [0.1, 0.15) is 70.9 Å². The lowest BCUT2D eigenvalue weighted by atomic mass is 9.73. The lowest BCUT2D eigenvalue weighted by molar-refractivity contribution is -0.145. The van der Waals surface area contributed by atoms with Gasteiger partial charge in [-0.05, 0) is 106 Å². The number of carbonyl (C=O) groups excluding carboxylic acids is 2. The van der Waals surface area contributed by atoms with Crippen molar-refractivity contribution in [2.75, 3.05) is 46.0 Å². The summed E-state index contributed by atoms with van der Waals surface area (Å²) in [5.74, 6) is -0.778. The van der Waals surface area contributed by atoms with Crippen molar-refractivity contribution in [1.29, 1.82) is 0 Å². The summed E-state index contributed by atoms with van der Waals surface area (Å²) in [6.45, 7) is 2.52. The number of halogens is 2. The second kappa shape index (κ2) is 19.0. The zero-order valence-electron chi connectivity index (χ0n) is 35.9. The molecule has 2 aliphatic carbocycles. The van der Waals surface area contributed by atoms with Crippen molar-refractivity contribution in [2.24, 2.45) is 0 Å². The topological polar surface area (TPSA) is 117 Å². The van der Waals surface area contributed by atoms with Crippen molar-refractivity contribution in [1.82, 2.24) is 9.80 Å². The molecule has 0 aromatic heterocycles. The van der Waals surface area contributed by atoms with Gasteiger partial charge in [-0.15, -0.1) is 0 Å². The van der Waals surface area contributed by atoms with Crippen molar-refractivity contribution in [3.63, 3.8) is 0 Å². The van der Waals surface area contributed by atoms with Crippen LogP contribution in [0.4, 0.5) is 9.59 Å². The van der Waals surface area contributed by atoms with Crippen LogP contribution in [-0.2, 0) is 25.1 Å². The summed E-state index contributed by atoms with van der Waals surface area (Å²) in [5, 5.41) is 20.2. The fraction of sp³-hybridized carbons (Fsp3) is 0.278. The highest BCUT2D eigenvalue weighted by atomic mass is 79.9. The Morgan fingerprint density at radius 2 is 0.846 bits per heavy atom. The number of benzene rings is 6. The number of rotatable bonds is 8. The molecule has 2 amide bonds. The Morgan fingerprint density at radius 3 is 1.20 bits per heavy atom. The Kier molecular flexibility index (Phi) is 13.0. The number of carboxylic acid groups (broad SMARTS) is 1. The lowest BCUT2D eigenvalue weighted by Gasteiger charge is -2.40. The van der Waals surface area contributed by atoms with Gasteiger partial charge in [0.05, 0.1) is 12.0 Å². The van der Waals surface area contributed by atoms with Crippen LogP contribution >= 0.6 is 31.9 Å². The van der Waals surface area contributed by atoms with Crippen LogP contribution in [0.3, 0.4) is 0 Å². The largest absolute Gasteiger partial charge is 0.481 e. The molecule has 2 N–H and O–H groups in total. The van der Waals surface area contributed by atoms with Gasteiger partial charge >= 0.3 is 18.2 Å². The molecule has 2 saturated heterocycles. The number of hydrogen-bond acceptors (Lipinski definition) is 6. The average Bonchev–Trinajstić information content (AvgIpc) is 3.85. The third-order valence-corrected chi connectivity index (χ3v) is 15.1. The van der Waals surface area contributed by atoms with Gasteiger partial charge in [0.1, 0.15) is 13.2 Å². The highest BCUT2D eigenvalue weighted by molar-refractivity contribution is 9.10. The molecule has 2 aliphatic heterocycles. The SMILES string of the molecule is O=C(OCC1c2ccccc2-c2ccccc21)N1CCC(C(=O)O)(c2ccc(Br)cc2)CC1.O=C(OCC1c2ccccc2-c2ccccc21)N1CCC(CO)(c2ccc(Br)cc2)CC1. The molecule has 0 atom stereocenters. The molecular formula is C54H50Br2N2O7. The number of carbonyl (C=O) groups is 3. The van der Waals surface area contributed by atoms with Gasteiger partial charge in [-0.25, -0.2) is 9.59 Å². The molecule has 0 spiro atoms. The Hall–Kier alpha value is -5.75. The smallest absolute Gasteiger partial charge is 0.409 e. The van der Waals surface area contributed by atoms with Crippen LogP contribution in [0.25, 0.3) is 22.3 Å². The molecule has 0 saturated carbocycles.